The Labute approximate surface area is 54.0 Å². The summed E-state index contributed by atoms with van der Waals surface area (Å²) in [6.45, 7) is 0. The Morgan fingerprint density at radius 3 is 2.12 bits per heavy atom. The third kappa shape index (κ3) is 1.51. The van der Waals surface area contributed by atoms with E-state index in [-0.39, 0.29) is 0 Å². The monoisotopic (exact) mass is 131 g/mol. The van der Waals surface area contributed by atoms with Gasteiger partial charge in [-0.2, -0.15) is 0 Å². The summed E-state index contributed by atoms with van der Waals surface area (Å²) < 4.78 is 10.2. The first-order valence-electron chi connectivity index (χ1n) is 3.22. The van der Waals surface area contributed by atoms with Gasteiger partial charge in [-0.15, -0.1) is 0 Å². The predicted molar refractivity (Wildman–Crippen MR) is 34.9 cm³/mol. The van der Waals surface area contributed by atoms with Gasteiger partial charge >= 0.3 is 11.7 Å². The average Bonchev–Trinajstić information content (AvgIpc) is 1.90. The van der Waals surface area contributed by atoms with Crippen LogP contribution in [-0.2, 0) is 15.9 Å². The third-order valence-electron chi connectivity index (χ3n) is 1.69. The molecule has 0 amide bonds. The molecule has 0 aromatic carbocycles. The van der Waals surface area contributed by atoms with Crippen LogP contribution in [0.3, 0.4) is 0 Å². The summed E-state index contributed by atoms with van der Waals surface area (Å²) in [5, 5.41) is 0.448. The molecule has 2 heteroatoms. The summed E-state index contributed by atoms with van der Waals surface area (Å²) in [6, 6.07) is 0. The van der Waals surface area contributed by atoms with Crippen molar-refractivity contribution in [3.05, 3.63) is 0 Å². The van der Waals surface area contributed by atoms with Crippen LogP contribution in [0.25, 0.3) is 0 Å². The second-order valence-electron chi connectivity index (χ2n) is 2.36. The van der Waals surface area contributed by atoms with Crippen LogP contribution in [0.1, 0.15) is 32.1 Å². The van der Waals surface area contributed by atoms with E-state index >= 15 is 0 Å². The summed E-state index contributed by atoms with van der Waals surface area (Å²) in [4.78, 5) is 0. The molecule has 0 aromatic rings. The molecule has 0 unspecified atom stereocenters. The van der Waals surface area contributed by atoms with Gasteiger partial charge in [-0.1, -0.05) is 6.42 Å². The van der Waals surface area contributed by atoms with Crippen LogP contribution >= 0.6 is 0 Å². The number of rotatable bonds is 1. The molecule has 0 radical (unpaired) electrons. The molecule has 46 valence electrons. The van der Waals surface area contributed by atoms with E-state index in [2.05, 4.69) is 0 Å². The maximum Gasteiger partial charge on any atom is 0.462 e. The highest BCUT2D eigenvalue weighted by atomic mass is 32.1. The maximum atomic E-state index is 10.2. The molecule has 1 aliphatic rings. The van der Waals surface area contributed by atoms with E-state index in [0.717, 1.165) is 24.5 Å². The Kier molecular flexibility index (Phi) is 2.40. The molecule has 0 heterocycles. The topological polar surface area (TPSA) is 17.1 Å². The Morgan fingerprint density at radius 2 is 1.75 bits per heavy atom. The zero-order chi connectivity index (χ0) is 5.82. The molecule has 0 saturated heterocycles. The van der Waals surface area contributed by atoms with Crippen molar-refractivity contribution in [3.63, 3.8) is 0 Å². The number of hydrogen-bond donors (Lipinski definition) is 0. The third-order valence-corrected chi connectivity index (χ3v) is 2.43. The van der Waals surface area contributed by atoms with Crippen LogP contribution in [-0.4, -0.2) is 5.25 Å². The van der Waals surface area contributed by atoms with Crippen molar-refractivity contribution in [3.8, 4) is 0 Å². The van der Waals surface area contributed by atoms with Gasteiger partial charge in [0, 0.05) is 17.1 Å². The van der Waals surface area contributed by atoms with Crippen LogP contribution in [0, 0.1) is 0 Å². The van der Waals surface area contributed by atoms with Gasteiger partial charge in [0.05, 0.1) is 0 Å². The molecule has 1 aliphatic carbocycles. The molecule has 0 aromatic heterocycles. The van der Waals surface area contributed by atoms with Crippen molar-refractivity contribution in [2.75, 3.05) is 0 Å². The minimum atomic E-state index is 0.448. The Balaban J connectivity index is 2.22. The first-order valence-corrected chi connectivity index (χ1v) is 4.02. The molecule has 1 saturated carbocycles. The van der Waals surface area contributed by atoms with Gasteiger partial charge in [-0.3, -0.25) is 0 Å². The van der Waals surface area contributed by atoms with Crippen LogP contribution in [0.2, 0.25) is 0 Å². The fourth-order valence-corrected chi connectivity index (χ4v) is 1.69. The van der Waals surface area contributed by atoms with Crippen LogP contribution in [0.15, 0.2) is 0 Å². The second-order valence-corrected chi connectivity index (χ2v) is 3.22. The largest absolute Gasteiger partial charge is 0.462 e. The molecule has 1 nitrogen and oxygen atoms in total. The van der Waals surface area contributed by atoms with Crippen molar-refractivity contribution < 1.29 is 4.21 Å². The van der Waals surface area contributed by atoms with E-state index in [1.807, 2.05) is 0 Å². The van der Waals surface area contributed by atoms with Gasteiger partial charge in [0.15, 0.2) is 0 Å². The van der Waals surface area contributed by atoms with E-state index in [1.54, 1.807) is 0 Å². The predicted octanol–water partition coefficient (Wildman–Crippen LogP) is 1.75. The Bertz CT molecular complexity index is 76.6. The summed E-state index contributed by atoms with van der Waals surface area (Å²) in [5.74, 6) is 0. The molecule has 8 heavy (non-hydrogen) atoms. The first kappa shape index (κ1) is 6.14. The fraction of sp³-hybridized carbons (Fsp3) is 1.00. The van der Waals surface area contributed by atoms with Gasteiger partial charge in [-0.25, -0.2) is 0 Å². The fourth-order valence-electron chi connectivity index (χ4n) is 1.16. The summed E-state index contributed by atoms with van der Waals surface area (Å²) >= 11 is 0.796. The van der Waals surface area contributed by atoms with E-state index in [1.165, 1.54) is 19.3 Å². The lowest BCUT2D eigenvalue weighted by Gasteiger charge is -2.06. The summed E-state index contributed by atoms with van der Waals surface area (Å²) in [6.07, 6.45) is 6.22. The van der Waals surface area contributed by atoms with Crippen molar-refractivity contribution in [1.29, 1.82) is 0 Å². The quantitative estimate of drug-likeness (QED) is 0.495. The van der Waals surface area contributed by atoms with Gasteiger partial charge in [0.1, 0.15) is 0 Å². The van der Waals surface area contributed by atoms with Crippen molar-refractivity contribution in [2.24, 2.45) is 0 Å². The van der Waals surface area contributed by atoms with Crippen molar-refractivity contribution in [2.45, 2.75) is 37.4 Å². The molecule has 1 rings (SSSR count). The number of hydrogen-bond acceptors (Lipinski definition) is 1. The normalized spacial score (nSPS) is 23.0. The molecule has 0 aliphatic heterocycles. The van der Waals surface area contributed by atoms with E-state index in [9.17, 15) is 4.21 Å². The van der Waals surface area contributed by atoms with Crippen molar-refractivity contribution >= 4 is 11.7 Å². The maximum absolute atomic E-state index is 10.2. The standard InChI is InChI=1S/C6H11OS/c7-8-6-4-2-1-3-5-6/h6H,1-5H2/q+1. The van der Waals surface area contributed by atoms with Gasteiger partial charge in [-0.05, 0) is 12.8 Å². The second kappa shape index (κ2) is 3.13. The highest BCUT2D eigenvalue weighted by Gasteiger charge is 2.23. The highest BCUT2D eigenvalue weighted by Crippen LogP contribution is 2.18. The average molecular weight is 131 g/mol. The highest BCUT2D eigenvalue weighted by molar-refractivity contribution is 7.66. The molecular weight excluding hydrogens is 120 g/mol. The smallest absolute Gasteiger partial charge is 0.0529 e. The lowest BCUT2D eigenvalue weighted by molar-refractivity contribution is 0.502. The minimum absolute atomic E-state index is 0.448. The Hall–Kier alpha value is 0.0200. The molecule has 0 spiro atoms. The van der Waals surface area contributed by atoms with Crippen molar-refractivity contribution in [1.82, 2.24) is 0 Å². The molecular formula is C6H11OS+. The Morgan fingerprint density at radius 1 is 1.12 bits per heavy atom. The van der Waals surface area contributed by atoms with E-state index in [0.29, 0.717) is 5.25 Å². The molecule has 0 atom stereocenters. The molecule has 0 bridgehead atoms. The minimum Gasteiger partial charge on any atom is -0.0529 e. The SMILES string of the molecule is O=[S+]C1CCCCC1. The molecule has 0 N–H and O–H groups in total. The summed E-state index contributed by atoms with van der Waals surface area (Å²) in [5.41, 5.74) is 0. The van der Waals surface area contributed by atoms with Crippen LogP contribution in [0.5, 0.6) is 0 Å². The first-order chi connectivity index (χ1) is 3.93. The van der Waals surface area contributed by atoms with Gasteiger partial charge in [0.25, 0.3) is 0 Å². The van der Waals surface area contributed by atoms with E-state index < -0.39 is 0 Å². The van der Waals surface area contributed by atoms with E-state index in [4.69, 9.17) is 0 Å². The van der Waals surface area contributed by atoms with Crippen LogP contribution < -0.4 is 0 Å². The zero-order valence-electron chi connectivity index (χ0n) is 4.93. The van der Waals surface area contributed by atoms with Crippen LogP contribution in [0.4, 0.5) is 0 Å². The molecule has 1 fully saturated rings. The lowest BCUT2D eigenvalue weighted by Crippen LogP contribution is -2.09. The summed E-state index contributed by atoms with van der Waals surface area (Å²) in [7, 11) is 0. The van der Waals surface area contributed by atoms with Gasteiger partial charge < -0.3 is 0 Å². The zero-order valence-corrected chi connectivity index (χ0v) is 5.75. The lowest BCUT2D eigenvalue weighted by atomic mass is 10.0. The van der Waals surface area contributed by atoms with Gasteiger partial charge in [0.2, 0.25) is 5.25 Å².